The van der Waals surface area contributed by atoms with Crippen LogP contribution in [-0.2, 0) is 5.75 Å². The first kappa shape index (κ1) is 18.9. The Balaban J connectivity index is 0.000000796. The van der Waals surface area contributed by atoms with E-state index in [0.29, 0.717) is 23.0 Å². The lowest BCUT2D eigenvalue weighted by molar-refractivity contribution is 0.369. The van der Waals surface area contributed by atoms with Gasteiger partial charge in [0.25, 0.3) is 0 Å². The number of hydrogen-bond acceptors (Lipinski definition) is 5. The Kier molecular flexibility index (Phi) is 10.1. The van der Waals surface area contributed by atoms with E-state index in [1.807, 2.05) is 0 Å². The molecule has 0 radical (unpaired) electrons. The molecule has 1 rings (SSSR count). The molecular formula is C15H26O4S. The van der Waals surface area contributed by atoms with Crippen molar-refractivity contribution in [2.24, 2.45) is 5.92 Å². The first-order chi connectivity index (χ1) is 9.49. The minimum atomic E-state index is 0.0678. The topological polar surface area (TPSA) is 47.9 Å². The molecule has 0 aliphatic carbocycles. The number of methoxy groups -OCH3 is 3. The summed E-state index contributed by atoms with van der Waals surface area (Å²) in [7, 11) is 4.79. The smallest absolute Gasteiger partial charge is 0.130 e. The Labute approximate surface area is 126 Å². The van der Waals surface area contributed by atoms with E-state index >= 15 is 0 Å². The quantitative estimate of drug-likeness (QED) is 0.814. The summed E-state index contributed by atoms with van der Waals surface area (Å²) in [5, 5.41) is 8.81. The van der Waals surface area contributed by atoms with Gasteiger partial charge in [-0.1, -0.05) is 20.8 Å². The number of aliphatic hydroxyl groups excluding tert-OH is 1. The molecule has 4 nitrogen and oxygen atoms in total. The van der Waals surface area contributed by atoms with Crippen LogP contribution in [0.1, 0.15) is 26.3 Å². The lowest BCUT2D eigenvalue weighted by Crippen LogP contribution is -1.97. The van der Waals surface area contributed by atoms with Gasteiger partial charge in [0.05, 0.1) is 27.3 Å². The minimum Gasteiger partial charge on any atom is -0.496 e. The fourth-order valence-electron chi connectivity index (χ4n) is 1.37. The summed E-state index contributed by atoms with van der Waals surface area (Å²) in [4.78, 5) is 0. The molecular weight excluding hydrogens is 276 g/mol. The number of thioether (sulfide) groups is 1. The largest absolute Gasteiger partial charge is 0.496 e. The van der Waals surface area contributed by atoms with E-state index in [1.165, 1.54) is 11.8 Å². The Bertz CT molecular complexity index is 352. The standard InChI is InChI=1S/C11H16O4S.C4H10/c1-13-8-4-10(14-2)9(6-16-7-12)11(5-8)15-3;1-4(2)3/h4-5,12H,6-7H2,1-3H3;4H,1-3H3. The van der Waals surface area contributed by atoms with Gasteiger partial charge in [-0.3, -0.25) is 0 Å². The van der Waals surface area contributed by atoms with Crippen molar-refractivity contribution in [3.05, 3.63) is 17.7 Å². The van der Waals surface area contributed by atoms with Crippen LogP contribution in [0.2, 0.25) is 0 Å². The van der Waals surface area contributed by atoms with Crippen molar-refractivity contribution in [3.8, 4) is 17.2 Å². The molecule has 1 aromatic rings. The van der Waals surface area contributed by atoms with Crippen LogP contribution in [0.25, 0.3) is 0 Å². The molecule has 0 aliphatic heterocycles. The third-order valence-corrected chi connectivity index (χ3v) is 2.83. The van der Waals surface area contributed by atoms with E-state index in [9.17, 15) is 0 Å². The monoisotopic (exact) mass is 302 g/mol. The van der Waals surface area contributed by atoms with Crippen molar-refractivity contribution in [3.63, 3.8) is 0 Å². The highest BCUT2D eigenvalue weighted by Gasteiger charge is 2.12. The summed E-state index contributed by atoms with van der Waals surface area (Å²) >= 11 is 1.39. The summed E-state index contributed by atoms with van der Waals surface area (Å²) in [6, 6.07) is 3.60. The van der Waals surface area contributed by atoms with Crippen LogP contribution in [0.4, 0.5) is 0 Å². The van der Waals surface area contributed by atoms with Crippen LogP contribution in [0.3, 0.4) is 0 Å². The van der Waals surface area contributed by atoms with Gasteiger partial charge in [0, 0.05) is 23.4 Å². The first-order valence-corrected chi connectivity index (χ1v) is 7.63. The maximum Gasteiger partial charge on any atom is 0.130 e. The van der Waals surface area contributed by atoms with E-state index in [4.69, 9.17) is 19.3 Å². The van der Waals surface area contributed by atoms with Crippen LogP contribution in [-0.4, -0.2) is 32.4 Å². The Hall–Kier alpha value is -1.07. The average Bonchev–Trinajstić information content (AvgIpc) is 2.43. The van der Waals surface area contributed by atoms with Crippen molar-refractivity contribution in [2.75, 3.05) is 27.3 Å². The Morgan fingerprint density at radius 1 is 1.00 bits per heavy atom. The summed E-state index contributed by atoms with van der Waals surface area (Å²) in [6.07, 6.45) is 0. The van der Waals surface area contributed by atoms with Crippen molar-refractivity contribution in [1.82, 2.24) is 0 Å². The lowest BCUT2D eigenvalue weighted by Gasteiger charge is -2.14. The Morgan fingerprint density at radius 2 is 1.45 bits per heavy atom. The van der Waals surface area contributed by atoms with E-state index in [-0.39, 0.29) is 5.94 Å². The van der Waals surface area contributed by atoms with Gasteiger partial charge in [0.15, 0.2) is 0 Å². The fraction of sp³-hybridized carbons (Fsp3) is 0.600. The maximum absolute atomic E-state index is 8.81. The van der Waals surface area contributed by atoms with Gasteiger partial charge in [-0.25, -0.2) is 0 Å². The number of hydrogen-bond donors (Lipinski definition) is 1. The van der Waals surface area contributed by atoms with Crippen molar-refractivity contribution >= 4 is 11.8 Å². The molecule has 0 heterocycles. The van der Waals surface area contributed by atoms with Crippen molar-refractivity contribution < 1.29 is 19.3 Å². The molecule has 1 N–H and O–H groups in total. The minimum absolute atomic E-state index is 0.0678. The van der Waals surface area contributed by atoms with Crippen LogP contribution < -0.4 is 14.2 Å². The van der Waals surface area contributed by atoms with Gasteiger partial charge in [-0.05, 0) is 5.92 Å². The number of ether oxygens (including phenoxy) is 3. The number of rotatable bonds is 6. The summed E-state index contributed by atoms with van der Waals surface area (Å²) in [5.41, 5.74) is 0.921. The van der Waals surface area contributed by atoms with Gasteiger partial charge in [0.2, 0.25) is 0 Å². The lowest BCUT2D eigenvalue weighted by atomic mass is 10.2. The molecule has 0 amide bonds. The highest BCUT2D eigenvalue weighted by molar-refractivity contribution is 7.98. The molecule has 1 aromatic carbocycles. The molecule has 0 saturated heterocycles. The first-order valence-electron chi connectivity index (χ1n) is 6.47. The van der Waals surface area contributed by atoms with Crippen LogP contribution in [0.15, 0.2) is 12.1 Å². The molecule has 0 fully saturated rings. The van der Waals surface area contributed by atoms with Gasteiger partial charge in [0.1, 0.15) is 17.2 Å². The molecule has 5 heteroatoms. The summed E-state index contributed by atoms with van der Waals surface area (Å²) in [6.45, 7) is 6.50. The van der Waals surface area contributed by atoms with Crippen LogP contribution in [0, 0.1) is 5.92 Å². The third kappa shape index (κ3) is 6.91. The predicted octanol–water partition coefficient (Wildman–Crippen LogP) is 3.56. The van der Waals surface area contributed by atoms with E-state index in [1.54, 1.807) is 33.5 Å². The molecule has 116 valence electrons. The maximum atomic E-state index is 8.81. The highest BCUT2D eigenvalue weighted by atomic mass is 32.2. The van der Waals surface area contributed by atoms with Gasteiger partial charge in [-0.2, -0.15) is 0 Å². The van der Waals surface area contributed by atoms with Crippen LogP contribution >= 0.6 is 11.8 Å². The SMILES string of the molecule is CC(C)C.COc1cc(OC)c(CSCO)c(OC)c1. The third-order valence-electron chi connectivity index (χ3n) is 2.15. The van der Waals surface area contributed by atoms with Gasteiger partial charge in [-0.15, -0.1) is 11.8 Å². The van der Waals surface area contributed by atoms with E-state index in [0.717, 1.165) is 11.5 Å². The predicted molar refractivity (Wildman–Crippen MR) is 85.0 cm³/mol. The second-order valence-electron chi connectivity index (χ2n) is 4.72. The number of aliphatic hydroxyl groups is 1. The van der Waals surface area contributed by atoms with Crippen LogP contribution in [0.5, 0.6) is 17.2 Å². The molecule has 0 atom stereocenters. The molecule has 0 aliphatic rings. The van der Waals surface area contributed by atoms with Gasteiger partial charge < -0.3 is 19.3 Å². The average molecular weight is 302 g/mol. The zero-order valence-corrected chi connectivity index (χ0v) is 14.0. The molecule has 20 heavy (non-hydrogen) atoms. The number of benzene rings is 1. The fourth-order valence-corrected chi connectivity index (χ4v) is 1.95. The molecule has 0 saturated carbocycles. The zero-order chi connectivity index (χ0) is 15.5. The molecule has 0 unspecified atom stereocenters. The highest BCUT2D eigenvalue weighted by Crippen LogP contribution is 2.36. The van der Waals surface area contributed by atoms with E-state index in [2.05, 4.69) is 20.8 Å². The molecule has 0 aromatic heterocycles. The van der Waals surface area contributed by atoms with Crippen molar-refractivity contribution in [2.45, 2.75) is 26.5 Å². The second-order valence-corrected chi connectivity index (χ2v) is 5.68. The second kappa shape index (κ2) is 10.7. The normalized spacial score (nSPS) is 9.80. The summed E-state index contributed by atoms with van der Waals surface area (Å²) < 4.78 is 15.7. The summed E-state index contributed by atoms with van der Waals surface area (Å²) in [5.74, 6) is 3.63. The molecule has 0 bridgehead atoms. The van der Waals surface area contributed by atoms with E-state index < -0.39 is 0 Å². The zero-order valence-electron chi connectivity index (χ0n) is 13.2. The molecule has 0 spiro atoms. The Morgan fingerprint density at radius 3 is 1.75 bits per heavy atom. The van der Waals surface area contributed by atoms with Gasteiger partial charge >= 0.3 is 0 Å². The van der Waals surface area contributed by atoms with Crippen molar-refractivity contribution in [1.29, 1.82) is 0 Å².